The van der Waals surface area contributed by atoms with E-state index in [2.05, 4.69) is 20.8 Å². The fraction of sp³-hybridized carbons (Fsp3) is 0.167. The normalized spacial score (nSPS) is 10.4. The Morgan fingerprint density at radius 1 is 1.14 bits per heavy atom. The van der Waals surface area contributed by atoms with Crippen LogP contribution < -0.4 is 20.1 Å². The standard InChI is InChI=1S/C18H17ClN4O3S2/c1-25-13-5-3-4-11(8-13)21-17-22-23-18(28-17)27-10-16(24)20-12-6-7-15(26-2)14(19)9-12/h3-9H,10H2,1-2H3,(H,20,24)(H,21,22). The number of anilines is 3. The molecule has 0 spiro atoms. The molecule has 0 saturated heterocycles. The van der Waals surface area contributed by atoms with E-state index in [0.717, 1.165) is 11.4 Å². The Kier molecular flexibility index (Phi) is 6.96. The van der Waals surface area contributed by atoms with Crippen LogP contribution in [0.5, 0.6) is 11.5 Å². The summed E-state index contributed by atoms with van der Waals surface area (Å²) < 4.78 is 11.0. The molecule has 7 nitrogen and oxygen atoms in total. The number of ether oxygens (including phenoxy) is 2. The molecule has 3 rings (SSSR count). The molecule has 0 atom stereocenters. The minimum Gasteiger partial charge on any atom is -0.497 e. The lowest BCUT2D eigenvalue weighted by Crippen LogP contribution is -2.13. The van der Waals surface area contributed by atoms with Crippen molar-refractivity contribution in [3.05, 3.63) is 47.5 Å². The SMILES string of the molecule is COc1cccc(Nc2nnc(SCC(=O)Nc3ccc(OC)c(Cl)c3)s2)c1. The fourth-order valence-corrected chi connectivity index (χ4v) is 4.04. The van der Waals surface area contributed by atoms with Crippen molar-refractivity contribution >= 4 is 57.1 Å². The van der Waals surface area contributed by atoms with Gasteiger partial charge in [-0.1, -0.05) is 40.8 Å². The van der Waals surface area contributed by atoms with Crippen LogP contribution in [0.2, 0.25) is 5.02 Å². The third-order valence-corrected chi connectivity index (χ3v) is 5.76. The molecule has 2 N–H and O–H groups in total. The zero-order chi connectivity index (χ0) is 19.9. The average Bonchev–Trinajstić information content (AvgIpc) is 3.14. The Balaban J connectivity index is 1.52. The van der Waals surface area contributed by atoms with Gasteiger partial charge in [-0.3, -0.25) is 4.79 Å². The fourth-order valence-electron chi connectivity index (χ4n) is 2.21. The molecule has 1 aromatic heterocycles. The van der Waals surface area contributed by atoms with Crippen LogP contribution in [0.1, 0.15) is 0 Å². The van der Waals surface area contributed by atoms with Gasteiger partial charge in [-0.05, 0) is 30.3 Å². The van der Waals surface area contributed by atoms with Crippen LogP contribution in [0.15, 0.2) is 46.8 Å². The number of methoxy groups -OCH3 is 2. The van der Waals surface area contributed by atoms with E-state index in [-0.39, 0.29) is 11.7 Å². The molecule has 0 aliphatic rings. The summed E-state index contributed by atoms with van der Waals surface area (Å²) >= 11 is 8.74. The molecular formula is C18H17ClN4O3S2. The quantitative estimate of drug-likeness (QED) is 0.495. The molecule has 1 heterocycles. The average molecular weight is 437 g/mol. The number of hydrogen-bond acceptors (Lipinski definition) is 8. The smallest absolute Gasteiger partial charge is 0.234 e. The minimum atomic E-state index is -0.163. The molecule has 10 heteroatoms. The van der Waals surface area contributed by atoms with Crippen LogP contribution in [0.3, 0.4) is 0 Å². The summed E-state index contributed by atoms with van der Waals surface area (Å²) in [6, 6.07) is 12.6. The van der Waals surface area contributed by atoms with Gasteiger partial charge in [-0.15, -0.1) is 10.2 Å². The predicted octanol–water partition coefficient (Wildman–Crippen LogP) is 4.68. The highest BCUT2D eigenvalue weighted by atomic mass is 35.5. The molecule has 28 heavy (non-hydrogen) atoms. The van der Waals surface area contributed by atoms with Crippen LogP contribution in [-0.2, 0) is 4.79 Å². The van der Waals surface area contributed by atoms with Gasteiger partial charge >= 0.3 is 0 Å². The first-order chi connectivity index (χ1) is 13.6. The second-order valence-electron chi connectivity index (χ2n) is 5.42. The lowest BCUT2D eigenvalue weighted by atomic mass is 10.3. The monoisotopic (exact) mass is 436 g/mol. The molecule has 1 amide bonds. The number of aromatic nitrogens is 2. The maximum Gasteiger partial charge on any atom is 0.234 e. The van der Waals surface area contributed by atoms with E-state index >= 15 is 0 Å². The predicted molar refractivity (Wildman–Crippen MR) is 114 cm³/mol. The van der Waals surface area contributed by atoms with Crippen molar-refractivity contribution in [1.29, 1.82) is 0 Å². The van der Waals surface area contributed by atoms with Crippen LogP contribution in [0, 0.1) is 0 Å². The second kappa shape index (κ2) is 9.63. The van der Waals surface area contributed by atoms with Crippen molar-refractivity contribution in [1.82, 2.24) is 10.2 Å². The van der Waals surface area contributed by atoms with Crippen LogP contribution in [0.4, 0.5) is 16.5 Å². The molecule has 0 bridgehead atoms. The summed E-state index contributed by atoms with van der Waals surface area (Å²) in [6.07, 6.45) is 0. The van der Waals surface area contributed by atoms with Gasteiger partial charge in [0.15, 0.2) is 4.34 Å². The van der Waals surface area contributed by atoms with Crippen LogP contribution in [-0.4, -0.2) is 36.1 Å². The second-order valence-corrected chi connectivity index (χ2v) is 8.02. The number of thioether (sulfide) groups is 1. The van der Waals surface area contributed by atoms with Gasteiger partial charge in [0.25, 0.3) is 0 Å². The molecule has 0 aliphatic heterocycles. The molecule has 0 radical (unpaired) electrons. The summed E-state index contributed by atoms with van der Waals surface area (Å²) in [5.41, 5.74) is 1.45. The first kappa shape index (κ1) is 20.2. The number of nitrogens with zero attached hydrogens (tertiary/aromatic N) is 2. The maximum absolute atomic E-state index is 12.1. The van der Waals surface area contributed by atoms with E-state index in [1.54, 1.807) is 25.3 Å². The number of halogens is 1. The zero-order valence-corrected chi connectivity index (χ0v) is 17.5. The van der Waals surface area contributed by atoms with Crippen LogP contribution >= 0.6 is 34.7 Å². The number of carbonyl (C=O) groups excluding carboxylic acids is 1. The van der Waals surface area contributed by atoms with Crippen molar-refractivity contribution in [3.63, 3.8) is 0 Å². The highest BCUT2D eigenvalue weighted by molar-refractivity contribution is 8.01. The third kappa shape index (κ3) is 5.51. The summed E-state index contributed by atoms with van der Waals surface area (Å²) in [5, 5.41) is 15.2. The van der Waals surface area contributed by atoms with Gasteiger partial charge in [0, 0.05) is 17.4 Å². The van der Waals surface area contributed by atoms with Gasteiger partial charge < -0.3 is 20.1 Å². The molecular weight excluding hydrogens is 420 g/mol. The molecule has 2 aromatic carbocycles. The Bertz CT molecular complexity index is 968. The third-order valence-electron chi connectivity index (χ3n) is 3.49. The van der Waals surface area contributed by atoms with E-state index in [0.29, 0.717) is 25.9 Å². The largest absolute Gasteiger partial charge is 0.497 e. The lowest BCUT2D eigenvalue weighted by Gasteiger charge is -2.07. The molecule has 146 valence electrons. The molecule has 3 aromatic rings. The van der Waals surface area contributed by atoms with Crippen molar-refractivity contribution in [3.8, 4) is 11.5 Å². The Hall–Kier alpha value is -2.49. The van der Waals surface area contributed by atoms with Gasteiger partial charge in [0.2, 0.25) is 11.0 Å². The van der Waals surface area contributed by atoms with Gasteiger partial charge in [0.1, 0.15) is 11.5 Å². The Morgan fingerprint density at radius 3 is 2.75 bits per heavy atom. The van der Waals surface area contributed by atoms with Crippen molar-refractivity contribution in [2.24, 2.45) is 0 Å². The number of nitrogens with one attached hydrogen (secondary N) is 2. The van der Waals surface area contributed by atoms with Gasteiger partial charge in [-0.2, -0.15) is 0 Å². The van der Waals surface area contributed by atoms with E-state index in [9.17, 15) is 4.79 Å². The number of carbonyl (C=O) groups is 1. The van der Waals surface area contributed by atoms with Gasteiger partial charge in [0.05, 0.1) is 25.0 Å². The Morgan fingerprint density at radius 2 is 2.00 bits per heavy atom. The van der Waals surface area contributed by atoms with E-state index in [1.807, 2.05) is 24.3 Å². The number of hydrogen-bond donors (Lipinski definition) is 2. The lowest BCUT2D eigenvalue weighted by molar-refractivity contribution is -0.113. The summed E-state index contributed by atoms with van der Waals surface area (Å²) in [6.45, 7) is 0. The van der Waals surface area contributed by atoms with E-state index in [1.165, 1.54) is 30.2 Å². The number of rotatable bonds is 8. The summed E-state index contributed by atoms with van der Waals surface area (Å²) in [7, 11) is 3.15. The number of amides is 1. The molecule has 0 aliphatic carbocycles. The van der Waals surface area contributed by atoms with Crippen molar-refractivity contribution in [2.75, 3.05) is 30.6 Å². The highest BCUT2D eigenvalue weighted by Crippen LogP contribution is 2.30. The summed E-state index contributed by atoms with van der Waals surface area (Å²) in [4.78, 5) is 12.1. The van der Waals surface area contributed by atoms with E-state index in [4.69, 9.17) is 21.1 Å². The topological polar surface area (TPSA) is 85.4 Å². The van der Waals surface area contributed by atoms with E-state index < -0.39 is 0 Å². The Labute approximate surface area is 175 Å². The minimum absolute atomic E-state index is 0.163. The summed E-state index contributed by atoms with van der Waals surface area (Å²) in [5.74, 6) is 1.35. The molecule has 0 unspecified atom stereocenters. The number of benzene rings is 2. The van der Waals surface area contributed by atoms with Crippen molar-refractivity contribution < 1.29 is 14.3 Å². The van der Waals surface area contributed by atoms with Gasteiger partial charge in [-0.25, -0.2) is 0 Å². The molecule has 0 fully saturated rings. The zero-order valence-electron chi connectivity index (χ0n) is 15.1. The van der Waals surface area contributed by atoms with Crippen LogP contribution in [0.25, 0.3) is 0 Å². The molecule has 0 saturated carbocycles. The first-order valence-corrected chi connectivity index (χ1v) is 10.3. The maximum atomic E-state index is 12.1. The highest BCUT2D eigenvalue weighted by Gasteiger charge is 2.10. The van der Waals surface area contributed by atoms with Crippen molar-refractivity contribution in [2.45, 2.75) is 4.34 Å². The first-order valence-electron chi connectivity index (χ1n) is 8.08.